The summed E-state index contributed by atoms with van der Waals surface area (Å²) in [6.45, 7) is 4.88. The Balaban J connectivity index is 1.36. The Morgan fingerprint density at radius 1 is 1.12 bits per heavy atom. The van der Waals surface area contributed by atoms with Crippen LogP contribution >= 0.6 is 0 Å². The summed E-state index contributed by atoms with van der Waals surface area (Å²) in [7, 11) is 0. The van der Waals surface area contributed by atoms with E-state index in [-0.39, 0.29) is 17.9 Å². The zero-order valence-electron chi connectivity index (χ0n) is 15.5. The van der Waals surface area contributed by atoms with Crippen molar-refractivity contribution in [2.75, 3.05) is 24.5 Å². The van der Waals surface area contributed by atoms with Gasteiger partial charge in [0.15, 0.2) is 0 Å². The predicted molar refractivity (Wildman–Crippen MR) is 100 cm³/mol. The molecule has 5 heteroatoms. The van der Waals surface area contributed by atoms with Crippen molar-refractivity contribution in [1.82, 2.24) is 4.90 Å². The minimum absolute atomic E-state index is 0.164. The van der Waals surface area contributed by atoms with Gasteiger partial charge in [0.25, 0.3) is 0 Å². The van der Waals surface area contributed by atoms with Gasteiger partial charge in [0.05, 0.1) is 5.92 Å². The highest BCUT2D eigenvalue weighted by atomic mass is 16.4. The SMILES string of the molecule is CC1Cc2cc(CCN3CCC(C(=O)O)CC3)ccc2N1C(=O)C1CC1. The number of anilines is 1. The lowest BCUT2D eigenvalue weighted by molar-refractivity contribution is -0.143. The third-order valence-corrected chi connectivity index (χ3v) is 6.18. The van der Waals surface area contributed by atoms with Crippen LogP contribution in [0.2, 0.25) is 0 Å². The molecule has 2 fully saturated rings. The second-order valence-electron chi connectivity index (χ2n) is 8.20. The molecule has 1 saturated carbocycles. The van der Waals surface area contributed by atoms with Gasteiger partial charge in [0.1, 0.15) is 0 Å². The Morgan fingerprint density at radius 2 is 1.85 bits per heavy atom. The maximum atomic E-state index is 12.5. The Bertz CT molecular complexity index is 705. The van der Waals surface area contributed by atoms with E-state index in [1.165, 1.54) is 11.1 Å². The van der Waals surface area contributed by atoms with Gasteiger partial charge in [-0.15, -0.1) is 0 Å². The number of piperidine rings is 1. The van der Waals surface area contributed by atoms with Crippen LogP contribution in [0.25, 0.3) is 0 Å². The molecule has 1 amide bonds. The second kappa shape index (κ2) is 7.03. The topological polar surface area (TPSA) is 60.9 Å². The van der Waals surface area contributed by atoms with Gasteiger partial charge in [-0.05, 0) is 75.7 Å². The van der Waals surface area contributed by atoms with Crippen molar-refractivity contribution < 1.29 is 14.7 Å². The summed E-state index contributed by atoms with van der Waals surface area (Å²) in [5.74, 6) is -0.243. The molecule has 1 aromatic rings. The van der Waals surface area contributed by atoms with E-state index < -0.39 is 5.97 Å². The Morgan fingerprint density at radius 3 is 2.50 bits per heavy atom. The molecule has 1 atom stereocenters. The van der Waals surface area contributed by atoms with E-state index in [0.717, 1.165) is 63.8 Å². The van der Waals surface area contributed by atoms with Crippen LogP contribution in [-0.4, -0.2) is 47.6 Å². The normalized spacial score (nSPS) is 23.9. The number of carboxylic acids is 1. The fraction of sp³-hybridized carbons (Fsp3) is 0.619. The van der Waals surface area contributed by atoms with Crippen LogP contribution in [0.5, 0.6) is 0 Å². The molecule has 5 nitrogen and oxygen atoms in total. The summed E-state index contributed by atoms with van der Waals surface area (Å²) in [6, 6.07) is 6.83. The van der Waals surface area contributed by atoms with Crippen LogP contribution in [-0.2, 0) is 22.4 Å². The van der Waals surface area contributed by atoms with Crippen molar-refractivity contribution in [3.05, 3.63) is 29.3 Å². The first-order valence-electron chi connectivity index (χ1n) is 9.93. The first kappa shape index (κ1) is 17.5. The number of fused-ring (bicyclic) bond motifs is 1. The molecule has 0 aromatic heterocycles. The number of carbonyl (C=O) groups is 2. The van der Waals surface area contributed by atoms with Gasteiger partial charge in [-0.2, -0.15) is 0 Å². The maximum Gasteiger partial charge on any atom is 0.306 e. The molecule has 1 aliphatic carbocycles. The summed E-state index contributed by atoms with van der Waals surface area (Å²) >= 11 is 0. The van der Waals surface area contributed by atoms with E-state index in [4.69, 9.17) is 5.11 Å². The monoisotopic (exact) mass is 356 g/mol. The molecular weight excluding hydrogens is 328 g/mol. The van der Waals surface area contributed by atoms with Gasteiger partial charge in [-0.3, -0.25) is 9.59 Å². The van der Waals surface area contributed by atoms with Crippen molar-refractivity contribution in [2.45, 2.75) is 51.5 Å². The highest BCUT2D eigenvalue weighted by molar-refractivity contribution is 5.98. The Kier molecular flexibility index (Phi) is 4.74. The molecule has 1 saturated heterocycles. The number of hydrogen-bond acceptors (Lipinski definition) is 3. The molecule has 0 radical (unpaired) electrons. The first-order chi connectivity index (χ1) is 12.5. The van der Waals surface area contributed by atoms with Crippen LogP contribution in [0.1, 0.15) is 43.7 Å². The fourth-order valence-electron chi connectivity index (χ4n) is 4.39. The van der Waals surface area contributed by atoms with Gasteiger partial charge in [0, 0.05) is 24.2 Å². The minimum Gasteiger partial charge on any atom is -0.481 e. The summed E-state index contributed by atoms with van der Waals surface area (Å²) in [5, 5.41) is 9.10. The van der Waals surface area contributed by atoms with Crippen LogP contribution in [0, 0.1) is 11.8 Å². The lowest BCUT2D eigenvalue weighted by Crippen LogP contribution is -2.37. The quantitative estimate of drug-likeness (QED) is 0.881. The van der Waals surface area contributed by atoms with E-state index in [2.05, 4.69) is 30.0 Å². The number of hydrogen-bond donors (Lipinski definition) is 1. The molecule has 1 aromatic carbocycles. The van der Waals surface area contributed by atoms with E-state index in [9.17, 15) is 9.59 Å². The minimum atomic E-state index is -0.650. The number of benzene rings is 1. The van der Waals surface area contributed by atoms with Crippen LogP contribution in [0.3, 0.4) is 0 Å². The number of rotatable bonds is 5. The summed E-state index contributed by atoms with van der Waals surface area (Å²) in [4.78, 5) is 28.0. The van der Waals surface area contributed by atoms with Crippen molar-refractivity contribution in [2.24, 2.45) is 11.8 Å². The number of likely N-dealkylation sites (tertiary alicyclic amines) is 1. The predicted octanol–water partition coefficient (Wildman–Crippen LogP) is 2.71. The van der Waals surface area contributed by atoms with Crippen LogP contribution in [0.15, 0.2) is 18.2 Å². The van der Waals surface area contributed by atoms with Crippen LogP contribution < -0.4 is 4.90 Å². The lowest BCUT2D eigenvalue weighted by Gasteiger charge is -2.30. The number of carboxylic acid groups (broad SMARTS) is 1. The molecule has 0 bridgehead atoms. The van der Waals surface area contributed by atoms with Crippen molar-refractivity contribution in [3.8, 4) is 0 Å². The Labute approximate surface area is 155 Å². The average molecular weight is 356 g/mol. The zero-order chi connectivity index (χ0) is 18.3. The largest absolute Gasteiger partial charge is 0.481 e. The van der Waals surface area contributed by atoms with E-state index in [1.807, 2.05) is 4.90 Å². The van der Waals surface area contributed by atoms with E-state index in [0.29, 0.717) is 5.91 Å². The number of amides is 1. The Hall–Kier alpha value is -1.88. The summed E-state index contributed by atoms with van der Waals surface area (Å²) in [5.41, 5.74) is 3.73. The molecule has 1 N–H and O–H groups in total. The molecule has 4 rings (SSSR count). The molecule has 2 heterocycles. The zero-order valence-corrected chi connectivity index (χ0v) is 15.5. The standard InChI is InChI=1S/C21H28N2O3/c1-14-12-18-13-15(2-5-19(18)23(14)20(24)16-3-4-16)6-9-22-10-7-17(8-11-22)21(25)26/h2,5,13-14,16-17H,3-4,6-12H2,1H3,(H,25,26). The average Bonchev–Trinajstić information content (AvgIpc) is 3.42. The van der Waals surface area contributed by atoms with Gasteiger partial charge in [-0.25, -0.2) is 0 Å². The first-order valence-corrected chi connectivity index (χ1v) is 9.93. The van der Waals surface area contributed by atoms with Crippen molar-refractivity contribution in [1.29, 1.82) is 0 Å². The highest BCUT2D eigenvalue weighted by Crippen LogP contribution is 2.39. The summed E-state index contributed by atoms with van der Waals surface area (Å²) in [6.07, 6.45) is 5.55. The third-order valence-electron chi connectivity index (χ3n) is 6.18. The van der Waals surface area contributed by atoms with E-state index in [1.54, 1.807) is 0 Å². The summed E-state index contributed by atoms with van der Waals surface area (Å²) < 4.78 is 0. The lowest BCUT2D eigenvalue weighted by atomic mass is 9.96. The van der Waals surface area contributed by atoms with E-state index >= 15 is 0 Å². The molecule has 0 spiro atoms. The van der Waals surface area contributed by atoms with Gasteiger partial charge in [-0.1, -0.05) is 12.1 Å². The van der Waals surface area contributed by atoms with Crippen molar-refractivity contribution in [3.63, 3.8) is 0 Å². The molecule has 1 unspecified atom stereocenters. The molecule has 26 heavy (non-hydrogen) atoms. The molecule has 140 valence electrons. The number of aliphatic carboxylic acids is 1. The molecule has 3 aliphatic rings. The number of carbonyl (C=O) groups excluding carboxylic acids is 1. The molecule has 2 aliphatic heterocycles. The van der Waals surface area contributed by atoms with Crippen LogP contribution in [0.4, 0.5) is 5.69 Å². The number of nitrogens with zero attached hydrogens (tertiary/aromatic N) is 2. The molecular formula is C21H28N2O3. The highest BCUT2D eigenvalue weighted by Gasteiger charge is 2.39. The van der Waals surface area contributed by atoms with Gasteiger partial charge >= 0.3 is 5.97 Å². The maximum absolute atomic E-state index is 12.5. The van der Waals surface area contributed by atoms with Gasteiger partial charge in [0.2, 0.25) is 5.91 Å². The fourth-order valence-corrected chi connectivity index (χ4v) is 4.39. The van der Waals surface area contributed by atoms with Gasteiger partial charge < -0.3 is 14.9 Å². The smallest absolute Gasteiger partial charge is 0.306 e. The van der Waals surface area contributed by atoms with Crippen molar-refractivity contribution >= 4 is 17.6 Å². The second-order valence-corrected chi connectivity index (χ2v) is 8.20. The third kappa shape index (κ3) is 3.50.